The molecule has 0 aromatic heterocycles. The summed E-state index contributed by atoms with van der Waals surface area (Å²) in [5.74, 6) is 2.72. The molecule has 16 heteroatoms. The number of likely N-dealkylation sites (N-methyl/N-ethyl adjacent to an activating group) is 1. The number of ether oxygens (including phenoxy) is 2. The van der Waals surface area contributed by atoms with Crippen LogP contribution in [0.5, 0.6) is 0 Å². The van der Waals surface area contributed by atoms with Gasteiger partial charge in [0.05, 0.1) is 38.0 Å². The van der Waals surface area contributed by atoms with Gasteiger partial charge >= 0.3 is 0 Å². The van der Waals surface area contributed by atoms with E-state index < -0.39 is 0 Å². The zero-order chi connectivity index (χ0) is 41.4. The molecule has 0 unspecified atom stereocenters. The first-order valence-corrected chi connectivity index (χ1v) is 19.9. The average Bonchev–Trinajstić information content (AvgIpc) is 3.99. The number of rotatable bonds is 6. The van der Waals surface area contributed by atoms with Crippen molar-refractivity contribution in [3.8, 4) is 0 Å². The first-order chi connectivity index (χ1) is 25.9. The SMILES string of the molecule is CC.CC(=O)N1CCCCC1.CC1=NCCC1.CC1=NCCN1.CCN=C(N)N.CN=C1CCCN1.COCCN(C)C(C)=O.NCCN1CCOCC1. The van der Waals surface area contributed by atoms with Crippen molar-refractivity contribution >= 4 is 35.2 Å². The van der Waals surface area contributed by atoms with Crippen molar-refractivity contribution in [2.45, 2.75) is 93.4 Å². The van der Waals surface area contributed by atoms with Gasteiger partial charge in [0.25, 0.3) is 0 Å². The maximum Gasteiger partial charge on any atom is 0.219 e. The van der Waals surface area contributed by atoms with Gasteiger partial charge < -0.3 is 47.1 Å². The average molecular weight is 771 g/mol. The van der Waals surface area contributed by atoms with Gasteiger partial charge in [-0.3, -0.25) is 34.5 Å². The van der Waals surface area contributed by atoms with Gasteiger partial charge in [-0.1, -0.05) is 13.8 Å². The molecule has 54 heavy (non-hydrogen) atoms. The molecule has 0 aromatic rings. The molecule has 8 N–H and O–H groups in total. The van der Waals surface area contributed by atoms with Gasteiger partial charge in [0.1, 0.15) is 0 Å². The number of carbonyl (C=O) groups excluding carboxylic acids is 2. The van der Waals surface area contributed by atoms with Crippen LogP contribution >= 0.6 is 0 Å². The molecule has 3 fully saturated rings. The Kier molecular flexibility index (Phi) is 41.6. The highest BCUT2D eigenvalue weighted by Crippen LogP contribution is 2.07. The normalized spacial score (nSPS) is 17.4. The fourth-order valence-corrected chi connectivity index (χ4v) is 4.75. The lowest BCUT2D eigenvalue weighted by Crippen LogP contribution is -2.39. The van der Waals surface area contributed by atoms with Crippen molar-refractivity contribution in [3.05, 3.63) is 0 Å². The molecule has 0 spiro atoms. The molecule has 0 aliphatic carbocycles. The molecule has 0 bridgehead atoms. The van der Waals surface area contributed by atoms with Crippen LogP contribution in [0.4, 0.5) is 0 Å². The monoisotopic (exact) mass is 771 g/mol. The van der Waals surface area contributed by atoms with Gasteiger partial charge in [0.2, 0.25) is 11.8 Å². The van der Waals surface area contributed by atoms with E-state index >= 15 is 0 Å². The van der Waals surface area contributed by atoms with E-state index in [1.807, 2.05) is 39.6 Å². The van der Waals surface area contributed by atoms with Crippen LogP contribution in [0.1, 0.15) is 93.4 Å². The number of nitrogens with one attached hydrogen (secondary N) is 2. The summed E-state index contributed by atoms with van der Waals surface area (Å²) < 4.78 is 9.93. The molecule has 0 radical (unpaired) electrons. The minimum atomic E-state index is 0.0760. The number of aliphatic imine (C=N–C) groups is 4. The first kappa shape index (κ1) is 55.0. The van der Waals surface area contributed by atoms with Crippen LogP contribution in [-0.2, 0) is 19.1 Å². The number of methoxy groups -OCH3 is 1. The van der Waals surface area contributed by atoms with Crippen molar-refractivity contribution < 1.29 is 19.1 Å². The third kappa shape index (κ3) is 38.4. The highest BCUT2D eigenvalue weighted by atomic mass is 16.5. The van der Waals surface area contributed by atoms with Gasteiger partial charge in [-0.2, -0.15) is 0 Å². The van der Waals surface area contributed by atoms with Crippen molar-refractivity contribution in [2.75, 3.05) is 120 Å². The van der Waals surface area contributed by atoms with Crippen LogP contribution in [0, 0.1) is 0 Å². The Bertz CT molecular complexity index is 976. The van der Waals surface area contributed by atoms with Crippen LogP contribution in [0.25, 0.3) is 0 Å². The third-order valence-corrected chi connectivity index (χ3v) is 7.97. The lowest BCUT2D eigenvalue weighted by molar-refractivity contribution is -0.130. The minimum Gasteiger partial charge on any atom is -0.383 e. The number of morpholine rings is 1. The Hall–Kier alpha value is -3.34. The molecular formula is C38H82N12O4. The number of guanidine groups is 1. The summed E-state index contributed by atoms with van der Waals surface area (Å²) in [4.78, 5) is 42.9. The lowest BCUT2D eigenvalue weighted by Gasteiger charge is -2.25. The van der Waals surface area contributed by atoms with Gasteiger partial charge in [-0.05, 0) is 59.3 Å². The summed E-state index contributed by atoms with van der Waals surface area (Å²) in [5.41, 5.74) is 16.6. The molecule has 2 amide bonds. The van der Waals surface area contributed by atoms with E-state index in [0.29, 0.717) is 19.7 Å². The highest BCUT2D eigenvalue weighted by molar-refractivity contribution is 5.83. The van der Waals surface area contributed by atoms with Gasteiger partial charge in [-0.15, -0.1) is 0 Å². The predicted molar refractivity (Wildman–Crippen MR) is 229 cm³/mol. The zero-order valence-electron chi connectivity index (χ0n) is 36.1. The quantitative estimate of drug-likeness (QED) is 0.196. The van der Waals surface area contributed by atoms with E-state index in [1.165, 1.54) is 57.0 Å². The van der Waals surface area contributed by atoms with Gasteiger partial charge in [0, 0.05) is 119 Å². The molecule has 16 nitrogen and oxygen atoms in total. The Balaban J connectivity index is -0.000000561. The number of likely N-dealkylation sites (tertiary alicyclic amines) is 1. The van der Waals surface area contributed by atoms with E-state index in [9.17, 15) is 9.59 Å². The number of amidine groups is 2. The van der Waals surface area contributed by atoms with Crippen molar-refractivity contribution in [2.24, 2.45) is 37.2 Å². The van der Waals surface area contributed by atoms with E-state index in [4.69, 9.17) is 26.7 Å². The number of nitrogens with two attached hydrogens (primary N) is 3. The minimum absolute atomic E-state index is 0.0760. The Morgan fingerprint density at radius 1 is 0.926 bits per heavy atom. The molecule has 5 aliphatic heterocycles. The topological polar surface area (TPSA) is 214 Å². The van der Waals surface area contributed by atoms with Crippen molar-refractivity contribution in [1.29, 1.82) is 0 Å². The van der Waals surface area contributed by atoms with Crippen LogP contribution in [0.2, 0.25) is 0 Å². The van der Waals surface area contributed by atoms with Crippen LogP contribution in [-0.4, -0.2) is 169 Å². The third-order valence-electron chi connectivity index (χ3n) is 7.97. The smallest absolute Gasteiger partial charge is 0.219 e. The van der Waals surface area contributed by atoms with Crippen molar-refractivity contribution in [1.82, 2.24) is 25.3 Å². The van der Waals surface area contributed by atoms with Crippen LogP contribution in [0.3, 0.4) is 0 Å². The van der Waals surface area contributed by atoms with Crippen molar-refractivity contribution in [3.63, 3.8) is 0 Å². The molecule has 5 aliphatic rings. The number of nitrogens with zero attached hydrogens (tertiary/aromatic N) is 7. The second-order valence-corrected chi connectivity index (χ2v) is 12.5. The van der Waals surface area contributed by atoms with Gasteiger partial charge in [0.15, 0.2) is 5.96 Å². The second kappa shape index (κ2) is 40.8. The number of hydrogen-bond acceptors (Lipinski definition) is 11. The Labute approximate surface area is 329 Å². The second-order valence-electron chi connectivity index (χ2n) is 12.5. The number of carbonyl (C=O) groups is 2. The molecule has 5 heterocycles. The molecule has 5 rings (SSSR count). The fourth-order valence-electron chi connectivity index (χ4n) is 4.75. The summed E-state index contributed by atoms with van der Waals surface area (Å²) in [6.45, 7) is 26.9. The standard InChI is InChI=1S/C7H13NO.C6H14N2O.C6H13NO2.C5H10N2.C5H9N.C4H8N2.C3H9N3.C2H6/c1-7(9)8-5-3-2-4-6-8;7-1-2-8-3-5-9-6-4-8;1-6(8)7(2)4-5-9-3;1-6-5-3-2-4-7-5;1-5-3-2-4-6-5;1-4-5-2-3-6-4;1-2-6-3(4)5;1-2/h2-6H2,1H3;1-7H2;4-5H2,1-3H3;2-4H2,1H3,(H,6,7);2-4H2,1H3;2-3H2,1H3,(H,5,6);2H2,1H3,(H4,4,5,6);1-2H3. The van der Waals surface area contributed by atoms with E-state index in [-0.39, 0.29) is 17.8 Å². The fraction of sp³-hybridized carbons (Fsp3) is 0.842. The number of amides is 2. The zero-order valence-corrected chi connectivity index (χ0v) is 36.1. The lowest BCUT2D eigenvalue weighted by atomic mass is 10.1. The summed E-state index contributed by atoms with van der Waals surface area (Å²) in [5, 5.41) is 6.23. The summed E-state index contributed by atoms with van der Waals surface area (Å²) in [6, 6.07) is 0. The number of hydrogen-bond donors (Lipinski definition) is 5. The Morgan fingerprint density at radius 2 is 1.57 bits per heavy atom. The largest absolute Gasteiger partial charge is 0.383 e. The molecule has 0 atom stereocenters. The highest BCUT2D eigenvalue weighted by Gasteiger charge is 2.11. The van der Waals surface area contributed by atoms with Crippen LogP contribution in [0.15, 0.2) is 20.0 Å². The maximum atomic E-state index is 10.7. The van der Waals surface area contributed by atoms with E-state index in [0.717, 1.165) is 90.9 Å². The predicted octanol–water partition coefficient (Wildman–Crippen LogP) is 2.36. The van der Waals surface area contributed by atoms with Gasteiger partial charge in [-0.25, -0.2) is 0 Å². The molecular weight excluding hydrogens is 688 g/mol. The first-order valence-electron chi connectivity index (χ1n) is 19.9. The maximum absolute atomic E-state index is 10.7. The molecule has 0 aromatic carbocycles. The molecule has 318 valence electrons. The summed E-state index contributed by atoms with van der Waals surface area (Å²) >= 11 is 0. The summed E-state index contributed by atoms with van der Waals surface area (Å²) in [7, 11) is 5.20. The Morgan fingerprint density at radius 3 is 1.85 bits per heavy atom. The molecule has 3 saturated heterocycles. The number of piperidine rings is 1. The van der Waals surface area contributed by atoms with Crippen LogP contribution < -0.4 is 27.8 Å². The van der Waals surface area contributed by atoms with E-state index in [1.54, 1.807) is 26.0 Å². The van der Waals surface area contributed by atoms with E-state index in [2.05, 4.69) is 42.4 Å². The summed E-state index contributed by atoms with van der Waals surface area (Å²) in [6.07, 6.45) is 8.61. The molecule has 0 saturated carbocycles.